The molecule has 0 bridgehead atoms. The van der Waals surface area contributed by atoms with Crippen LogP contribution in [0, 0.1) is 5.92 Å². The second kappa shape index (κ2) is 17.0. The minimum atomic E-state index is -0.378. The van der Waals surface area contributed by atoms with Gasteiger partial charge in [-0.1, -0.05) is 254 Å². The van der Waals surface area contributed by atoms with Crippen LogP contribution in [0.3, 0.4) is 0 Å². The van der Waals surface area contributed by atoms with Gasteiger partial charge in [0.2, 0.25) is 0 Å². The second-order valence-electron chi connectivity index (χ2n) is 20.9. The van der Waals surface area contributed by atoms with Gasteiger partial charge in [-0.2, -0.15) is 0 Å². The van der Waals surface area contributed by atoms with Gasteiger partial charge >= 0.3 is 0 Å². The van der Waals surface area contributed by atoms with Crippen LogP contribution in [-0.4, -0.2) is 0 Å². The molecule has 0 saturated carbocycles. The zero-order chi connectivity index (χ0) is 46.6. The molecule has 1 nitrogen and oxygen atoms in total. The van der Waals surface area contributed by atoms with E-state index in [0.717, 1.165) is 17.1 Å². The summed E-state index contributed by atoms with van der Waals surface area (Å²) in [6.45, 7) is 14.0. The Bertz CT molecular complexity index is 3320. The van der Waals surface area contributed by atoms with Crippen LogP contribution in [0.5, 0.6) is 0 Å². The van der Waals surface area contributed by atoms with Crippen LogP contribution in [0.1, 0.15) is 80.8 Å². The maximum absolute atomic E-state index is 2.53. The Balaban J connectivity index is 1.17. The molecular formula is C67H59N. The summed E-state index contributed by atoms with van der Waals surface area (Å²) < 4.78 is 0. The van der Waals surface area contributed by atoms with Crippen LogP contribution in [0.15, 0.2) is 237 Å². The number of rotatable bonds is 8. The summed E-state index contributed by atoms with van der Waals surface area (Å²) in [6.07, 6.45) is 9.35. The molecule has 0 heterocycles. The first-order chi connectivity index (χ1) is 33.0. The number of anilines is 3. The highest BCUT2D eigenvalue weighted by molar-refractivity contribution is 6.09. The van der Waals surface area contributed by atoms with E-state index in [2.05, 4.69) is 283 Å². The van der Waals surface area contributed by atoms with E-state index in [0.29, 0.717) is 0 Å². The van der Waals surface area contributed by atoms with Crippen LogP contribution in [0.2, 0.25) is 0 Å². The van der Waals surface area contributed by atoms with Crippen LogP contribution in [0.4, 0.5) is 17.1 Å². The van der Waals surface area contributed by atoms with Crippen molar-refractivity contribution in [3.63, 3.8) is 0 Å². The molecule has 0 aliphatic heterocycles. The molecular weight excluding hydrogens is 819 g/mol. The summed E-state index contributed by atoms with van der Waals surface area (Å²) in [5.74, 6) is 0.516. The third-order valence-electron chi connectivity index (χ3n) is 14.7. The van der Waals surface area contributed by atoms with Crippen LogP contribution in [-0.2, 0) is 16.2 Å². The summed E-state index contributed by atoms with van der Waals surface area (Å²) >= 11 is 0. The van der Waals surface area contributed by atoms with Crippen molar-refractivity contribution in [1.29, 1.82) is 0 Å². The van der Waals surface area contributed by atoms with Gasteiger partial charge in [0.25, 0.3) is 0 Å². The molecule has 332 valence electrons. The fourth-order valence-electron chi connectivity index (χ4n) is 11.4. The van der Waals surface area contributed by atoms with Crippen molar-refractivity contribution in [3.8, 4) is 33.4 Å². The zero-order valence-electron chi connectivity index (χ0n) is 40.1. The third-order valence-corrected chi connectivity index (χ3v) is 14.7. The highest BCUT2D eigenvalue weighted by atomic mass is 15.1. The number of nitrogens with zero attached hydrogens (tertiary/aromatic N) is 1. The number of fused-ring (bicyclic) bond motifs is 4. The Labute approximate surface area is 403 Å². The Morgan fingerprint density at radius 3 is 1.62 bits per heavy atom. The highest BCUT2D eigenvalue weighted by Crippen LogP contribution is 2.60. The van der Waals surface area contributed by atoms with Crippen molar-refractivity contribution in [2.24, 2.45) is 5.92 Å². The highest BCUT2D eigenvalue weighted by Gasteiger charge is 2.52. The SMILES string of the molecule is CC(C)(C)c1cc(-c2ccccc2N(c2ccc(C3(c4ccccc4)c4ccccc4C4C=CC=CC43)cc2)c2ccccc2-c2cccc3cccc(-c4ccccc4)c23)cc(C(C)(C)C)c1. The summed E-state index contributed by atoms with van der Waals surface area (Å²) in [7, 11) is 0. The lowest BCUT2D eigenvalue weighted by atomic mass is 9.63. The molecule has 11 rings (SSSR count). The van der Waals surface area contributed by atoms with Crippen LogP contribution < -0.4 is 4.90 Å². The van der Waals surface area contributed by atoms with Gasteiger partial charge in [-0.15, -0.1) is 0 Å². The van der Waals surface area contributed by atoms with Crippen molar-refractivity contribution < 1.29 is 0 Å². The summed E-state index contributed by atoms with van der Waals surface area (Å²) in [5.41, 5.74) is 18.2. The quantitative estimate of drug-likeness (QED) is 0.147. The molecule has 0 amide bonds. The Hall–Kier alpha value is -7.48. The van der Waals surface area contributed by atoms with Gasteiger partial charge in [0.1, 0.15) is 0 Å². The Morgan fingerprint density at radius 1 is 0.412 bits per heavy atom. The molecule has 0 aromatic heterocycles. The number of benzene rings is 9. The lowest BCUT2D eigenvalue weighted by Crippen LogP contribution is -2.35. The van der Waals surface area contributed by atoms with E-state index in [1.54, 1.807) is 0 Å². The fourth-order valence-corrected chi connectivity index (χ4v) is 11.4. The van der Waals surface area contributed by atoms with Gasteiger partial charge < -0.3 is 4.90 Å². The minimum absolute atomic E-state index is 0.0339. The molecule has 9 aromatic rings. The predicted octanol–water partition coefficient (Wildman–Crippen LogP) is 18.1. The largest absolute Gasteiger partial charge is 0.309 e. The molecule has 3 unspecified atom stereocenters. The molecule has 0 fully saturated rings. The Kier molecular flexibility index (Phi) is 10.8. The van der Waals surface area contributed by atoms with E-state index >= 15 is 0 Å². The maximum atomic E-state index is 2.53. The van der Waals surface area contributed by atoms with Crippen molar-refractivity contribution in [2.45, 2.75) is 63.7 Å². The smallest absolute Gasteiger partial charge is 0.0540 e. The van der Waals surface area contributed by atoms with Gasteiger partial charge in [0.15, 0.2) is 0 Å². The number of hydrogen-bond donors (Lipinski definition) is 0. The van der Waals surface area contributed by atoms with Crippen LogP contribution >= 0.6 is 0 Å². The van der Waals surface area contributed by atoms with Gasteiger partial charge in [0, 0.05) is 28.7 Å². The standard InChI is InChI=1S/C67H59N/c1-65(2,3)51-43-48(44-52(45-51)66(4,5)6)54-29-15-19-37-62(54)68(63-38-20-16-32-58(63)59-34-22-26-47-25-21-33-55(64(47)59)46-23-9-7-10-24-46)53-41-39-50(40-42-53)67(49-27-11-8-12-28-49)60-35-17-13-30-56(60)57-31-14-18-36-61(57)67/h7-45,56,60H,1-6H3. The molecule has 0 N–H and O–H groups in total. The van der Waals surface area contributed by atoms with E-state index in [4.69, 9.17) is 0 Å². The molecule has 0 spiro atoms. The summed E-state index contributed by atoms with van der Waals surface area (Å²) in [5, 5.41) is 2.47. The molecule has 2 aliphatic carbocycles. The van der Waals surface area contributed by atoms with Gasteiger partial charge in [-0.25, -0.2) is 0 Å². The molecule has 0 saturated heterocycles. The first-order valence-electron chi connectivity index (χ1n) is 24.3. The summed E-state index contributed by atoms with van der Waals surface area (Å²) in [6, 6.07) is 79.7. The topological polar surface area (TPSA) is 3.24 Å². The maximum Gasteiger partial charge on any atom is 0.0540 e. The number of allylic oxidation sites excluding steroid dienone is 4. The van der Waals surface area contributed by atoms with Crippen molar-refractivity contribution in [3.05, 3.63) is 270 Å². The molecule has 3 atom stereocenters. The van der Waals surface area contributed by atoms with Crippen molar-refractivity contribution in [1.82, 2.24) is 0 Å². The van der Waals surface area contributed by atoms with E-state index in [9.17, 15) is 0 Å². The third kappa shape index (κ3) is 7.33. The first kappa shape index (κ1) is 43.1. The molecule has 68 heavy (non-hydrogen) atoms. The van der Waals surface area contributed by atoms with Gasteiger partial charge in [0.05, 0.1) is 16.8 Å². The van der Waals surface area contributed by atoms with Gasteiger partial charge in [-0.05, 0) is 102 Å². The van der Waals surface area contributed by atoms with E-state index < -0.39 is 0 Å². The second-order valence-corrected chi connectivity index (χ2v) is 20.9. The normalized spacial score (nSPS) is 17.5. The molecule has 2 aliphatic rings. The van der Waals surface area contributed by atoms with Gasteiger partial charge in [-0.3, -0.25) is 0 Å². The minimum Gasteiger partial charge on any atom is -0.309 e. The van der Waals surface area contributed by atoms with E-state index in [1.165, 1.54) is 77.5 Å². The average molecular weight is 878 g/mol. The lowest BCUT2D eigenvalue weighted by Gasteiger charge is -2.39. The molecule has 9 aromatic carbocycles. The van der Waals surface area contributed by atoms with Crippen molar-refractivity contribution in [2.75, 3.05) is 4.90 Å². The number of hydrogen-bond acceptors (Lipinski definition) is 1. The van der Waals surface area contributed by atoms with E-state index in [1.807, 2.05) is 0 Å². The first-order valence-corrected chi connectivity index (χ1v) is 24.3. The van der Waals surface area contributed by atoms with Crippen LogP contribution in [0.25, 0.3) is 44.2 Å². The lowest BCUT2D eigenvalue weighted by molar-refractivity contribution is 0.457. The molecule has 1 heteroatoms. The summed E-state index contributed by atoms with van der Waals surface area (Å²) in [4.78, 5) is 2.53. The van der Waals surface area contributed by atoms with Crippen molar-refractivity contribution >= 4 is 27.8 Å². The zero-order valence-corrected chi connectivity index (χ0v) is 40.1. The average Bonchev–Trinajstić information content (AvgIpc) is 3.67. The fraction of sp³-hybridized carbons (Fsp3) is 0.164. The number of para-hydroxylation sites is 2. The Morgan fingerprint density at radius 2 is 0.941 bits per heavy atom. The molecule has 0 radical (unpaired) electrons. The predicted molar refractivity (Wildman–Crippen MR) is 290 cm³/mol. The van der Waals surface area contributed by atoms with E-state index in [-0.39, 0.29) is 28.1 Å². The monoisotopic (exact) mass is 877 g/mol.